The summed E-state index contributed by atoms with van der Waals surface area (Å²) < 4.78 is 33.4. The molecule has 2 rings (SSSR count). The van der Waals surface area contributed by atoms with Gasteiger partial charge in [0.1, 0.15) is 0 Å². The molecule has 106 valence electrons. The monoisotopic (exact) mass is 305 g/mol. The van der Waals surface area contributed by atoms with Gasteiger partial charge in [0.2, 0.25) is 0 Å². The second-order valence-electron chi connectivity index (χ2n) is 4.31. The molecule has 0 spiro atoms. The van der Waals surface area contributed by atoms with E-state index in [2.05, 4.69) is 4.72 Å². The number of morpholine rings is 1. The van der Waals surface area contributed by atoms with Gasteiger partial charge in [-0.3, -0.25) is 4.72 Å². The van der Waals surface area contributed by atoms with E-state index >= 15 is 0 Å². The van der Waals surface area contributed by atoms with Crippen LogP contribution in [0.3, 0.4) is 0 Å². The van der Waals surface area contributed by atoms with Crippen LogP contribution in [0.15, 0.2) is 12.1 Å². The predicted molar refractivity (Wildman–Crippen MR) is 75.5 cm³/mol. The fraction of sp³-hybridized carbons (Fsp3) is 0.455. The van der Waals surface area contributed by atoms with E-state index in [1.165, 1.54) is 10.4 Å². The smallest absolute Gasteiger partial charge is 0.301 e. The molecule has 0 amide bonds. The minimum absolute atomic E-state index is 0.324. The van der Waals surface area contributed by atoms with Crippen LogP contribution in [-0.4, -0.2) is 39.0 Å². The number of nitrogens with one attached hydrogen (secondary N) is 1. The van der Waals surface area contributed by atoms with E-state index in [0.29, 0.717) is 42.7 Å². The molecule has 0 saturated carbocycles. The zero-order chi connectivity index (χ0) is 14.0. The van der Waals surface area contributed by atoms with Crippen LogP contribution in [0.5, 0.6) is 0 Å². The second-order valence-corrected chi connectivity index (χ2v) is 6.39. The molecule has 0 aliphatic carbocycles. The van der Waals surface area contributed by atoms with Crippen LogP contribution >= 0.6 is 11.6 Å². The summed E-state index contributed by atoms with van der Waals surface area (Å²) in [7, 11) is -3.58. The molecule has 0 aromatic heterocycles. The Labute approximate surface area is 117 Å². The number of halogens is 1. The molecule has 1 fully saturated rings. The summed E-state index contributed by atoms with van der Waals surface area (Å²) >= 11 is 5.91. The van der Waals surface area contributed by atoms with Gasteiger partial charge in [-0.15, -0.1) is 0 Å². The highest BCUT2D eigenvalue weighted by Crippen LogP contribution is 2.27. The third-order valence-corrected chi connectivity index (χ3v) is 4.74. The third-order valence-electron chi connectivity index (χ3n) is 2.89. The van der Waals surface area contributed by atoms with Crippen LogP contribution in [0.1, 0.15) is 5.56 Å². The molecule has 3 N–H and O–H groups in total. The lowest BCUT2D eigenvalue weighted by Gasteiger charge is -2.26. The molecule has 0 unspecified atom stereocenters. The molecule has 0 atom stereocenters. The Morgan fingerprint density at radius 2 is 2.00 bits per heavy atom. The Bertz CT molecular complexity index is 571. The second kappa shape index (κ2) is 5.54. The maximum absolute atomic E-state index is 12.2. The van der Waals surface area contributed by atoms with Crippen LogP contribution in [0, 0.1) is 6.92 Å². The number of hydrogen-bond acceptors (Lipinski definition) is 4. The van der Waals surface area contributed by atoms with Crippen molar-refractivity contribution in [2.45, 2.75) is 6.92 Å². The van der Waals surface area contributed by atoms with Crippen molar-refractivity contribution < 1.29 is 13.2 Å². The molecule has 1 heterocycles. The summed E-state index contributed by atoms with van der Waals surface area (Å²) in [5.74, 6) is 0. The zero-order valence-electron chi connectivity index (χ0n) is 10.5. The van der Waals surface area contributed by atoms with Gasteiger partial charge in [-0.2, -0.15) is 12.7 Å². The quantitative estimate of drug-likeness (QED) is 0.822. The Hall–Kier alpha value is -1.02. The lowest BCUT2D eigenvalue weighted by molar-refractivity contribution is 0.0733. The molecular weight excluding hydrogens is 290 g/mol. The van der Waals surface area contributed by atoms with Gasteiger partial charge in [0.05, 0.1) is 29.6 Å². The Kier molecular flexibility index (Phi) is 4.19. The first-order chi connectivity index (χ1) is 8.90. The van der Waals surface area contributed by atoms with Crippen LogP contribution in [0.4, 0.5) is 11.4 Å². The zero-order valence-corrected chi connectivity index (χ0v) is 12.1. The summed E-state index contributed by atoms with van der Waals surface area (Å²) in [5, 5.41) is 0.324. The van der Waals surface area contributed by atoms with E-state index in [0.717, 1.165) is 5.56 Å². The van der Waals surface area contributed by atoms with Gasteiger partial charge in [-0.1, -0.05) is 11.6 Å². The first-order valence-corrected chi connectivity index (χ1v) is 7.63. The Morgan fingerprint density at radius 3 is 2.63 bits per heavy atom. The third kappa shape index (κ3) is 3.30. The van der Waals surface area contributed by atoms with E-state index in [9.17, 15) is 8.42 Å². The summed E-state index contributed by atoms with van der Waals surface area (Å²) in [4.78, 5) is 0. The van der Waals surface area contributed by atoms with Crippen molar-refractivity contribution in [3.8, 4) is 0 Å². The summed E-state index contributed by atoms with van der Waals surface area (Å²) in [6, 6.07) is 3.16. The van der Waals surface area contributed by atoms with Crippen molar-refractivity contribution in [1.82, 2.24) is 4.31 Å². The average molecular weight is 306 g/mol. The molecular formula is C11H16ClN3O3S. The van der Waals surface area contributed by atoms with Crippen molar-refractivity contribution >= 4 is 33.2 Å². The number of rotatable bonds is 3. The molecule has 0 radical (unpaired) electrons. The van der Waals surface area contributed by atoms with Crippen LogP contribution < -0.4 is 10.5 Å². The fourth-order valence-corrected chi connectivity index (χ4v) is 3.22. The SMILES string of the molecule is Cc1cc(N)c(Cl)cc1NS(=O)(=O)N1CCOCC1. The van der Waals surface area contributed by atoms with Gasteiger partial charge >= 0.3 is 10.2 Å². The average Bonchev–Trinajstić information content (AvgIpc) is 2.37. The molecule has 0 bridgehead atoms. The fourth-order valence-electron chi connectivity index (χ4n) is 1.80. The van der Waals surface area contributed by atoms with Gasteiger partial charge in [0, 0.05) is 13.1 Å². The summed E-state index contributed by atoms with van der Waals surface area (Å²) in [6.45, 7) is 3.27. The normalized spacial score (nSPS) is 17.4. The van der Waals surface area contributed by atoms with E-state index in [-0.39, 0.29) is 0 Å². The molecule has 19 heavy (non-hydrogen) atoms. The van der Waals surface area contributed by atoms with E-state index in [4.69, 9.17) is 22.1 Å². The van der Waals surface area contributed by atoms with E-state index < -0.39 is 10.2 Å². The van der Waals surface area contributed by atoms with Crippen molar-refractivity contribution in [2.75, 3.05) is 36.8 Å². The highest BCUT2D eigenvalue weighted by molar-refractivity contribution is 7.90. The van der Waals surface area contributed by atoms with Crippen LogP contribution in [0.2, 0.25) is 5.02 Å². The number of hydrogen-bond donors (Lipinski definition) is 2. The molecule has 1 saturated heterocycles. The maximum Gasteiger partial charge on any atom is 0.301 e. The minimum Gasteiger partial charge on any atom is -0.398 e. The number of aryl methyl sites for hydroxylation is 1. The number of nitrogen functional groups attached to an aromatic ring is 1. The van der Waals surface area contributed by atoms with E-state index in [1.54, 1.807) is 13.0 Å². The lowest BCUT2D eigenvalue weighted by atomic mass is 10.2. The standard InChI is InChI=1S/C11H16ClN3O3S/c1-8-6-10(13)9(12)7-11(8)14-19(16,17)15-2-4-18-5-3-15/h6-7,14H,2-5,13H2,1H3. The highest BCUT2D eigenvalue weighted by Gasteiger charge is 2.24. The number of nitrogens with two attached hydrogens (primary N) is 1. The summed E-state index contributed by atoms with van der Waals surface area (Å²) in [5.41, 5.74) is 7.24. The van der Waals surface area contributed by atoms with Gasteiger partial charge in [0.25, 0.3) is 0 Å². The number of nitrogens with zero attached hydrogens (tertiary/aromatic N) is 1. The minimum atomic E-state index is -3.58. The van der Waals surface area contributed by atoms with Crippen molar-refractivity contribution in [2.24, 2.45) is 0 Å². The molecule has 8 heteroatoms. The van der Waals surface area contributed by atoms with Crippen molar-refractivity contribution in [3.63, 3.8) is 0 Å². The van der Waals surface area contributed by atoms with Crippen LogP contribution in [-0.2, 0) is 14.9 Å². The summed E-state index contributed by atoms with van der Waals surface area (Å²) in [6.07, 6.45) is 0. The van der Waals surface area contributed by atoms with Crippen molar-refractivity contribution in [3.05, 3.63) is 22.7 Å². The Morgan fingerprint density at radius 1 is 1.37 bits per heavy atom. The van der Waals surface area contributed by atoms with Gasteiger partial charge < -0.3 is 10.5 Å². The highest BCUT2D eigenvalue weighted by atomic mass is 35.5. The lowest BCUT2D eigenvalue weighted by Crippen LogP contribution is -2.43. The number of benzene rings is 1. The van der Waals surface area contributed by atoms with Gasteiger partial charge in [-0.25, -0.2) is 0 Å². The molecule has 6 nitrogen and oxygen atoms in total. The Balaban J connectivity index is 2.22. The van der Waals surface area contributed by atoms with Gasteiger partial charge in [0.15, 0.2) is 0 Å². The van der Waals surface area contributed by atoms with Crippen molar-refractivity contribution in [1.29, 1.82) is 0 Å². The number of ether oxygens (including phenoxy) is 1. The van der Waals surface area contributed by atoms with Crippen LogP contribution in [0.25, 0.3) is 0 Å². The first-order valence-electron chi connectivity index (χ1n) is 5.81. The molecule has 1 aliphatic heterocycles. The van der Waals surface area contributed by atoms with Gasteiger partial charge in [-0.05, 0) is 24.6 Å². The number of anilines is 2. The molecule has 1 aromatic carbocycles. The molecule has 1 aromatic rings. The largest absolute Gasteiger partial charge is 0.398 e. The topological polar surface area (TPSA) is 84.7 Å². The van der Waals surface area contributed by atoms with E-state index in [1.807, 2.05) is 0 Å². The molecule has 1 aliphatic rings. The predicted octanol–water partition coefficient (Wildman–Crippen LogP) is 1.22. The maximum atomic E-state index is 12.2. The first kappa shape index (κ1) is 14.4.